The van der Waals surface area contributed by atoms with Gasteiger partial charge >= 0.3 is 11.9 Å². The number of amides is 1. The molecule has 0 heterocycles. The minimum absolute atomic E-state index is 0.188. The first-order valence-electron chi connectivity index (χ1n) is 14.0. The Labute approximate surface area is 222 Å². The van der Waals surface area contributed by atoms with Gasteiger partial charge in [0.2, 0.25) is 0 Å². The zero-order chi connectivity index (χ0) is 27.3. The second-order valence-corrected chi connectivity index (χ2v) is 9.78. The summed E-state index contributed by atoms with van der Waals surface area (Å²) in [5, 5.41) is 28.0. The molecule has 0 aromatic heterocycles. The molecule has 0 aliphatic carbocycles. The fourth-order valence-corrected chi connectivity index (χ4v) is 4.31. The van der Waals surface area contributed by atoms with Crippen LogP contribution in [0.15, 0.2) is 18.2 Å². The van der Waals surface area contributed by atoms with Crippen LogP contribution in [0.25, 0.3) is 0 Å². The molecule has 210 valence electrons. The van der Waals surface area contributed by atoms with Crippen LogP contribution in [0.2, 0.25) is 0 Å². The summed E-state index contributed by atoms with van der Waals surface area (Å²) >= 11 is 0. The number of unbranched alkanes of at least 4 members (excludes halogenated alkanes) is 15. The minimum atomic E-state index is -1.34. The summed E-state index contributed by atoms with van der Waals surface area (Å²) < 4.78 is 5.70. The van der Waals surface area contributed by atoms with Crippen molar-refractivity contribution in [2.24, 2.45) is 0 Å². The summed E-state index contributed by atoms with van der Waals surface area (Å²) in [4.78, 5) is 35.2. The van der Waals surface area contributed by atoms with Gasteiger partial charge in [0.05, 0.1) is 12.2 Å². The molecule has 0 atom stereocenters. The first-order valence-corrected chi connectivity index (χ1v) is 14.0. The molecule has 0 saturated carbocycles. The molecule has 0 radical (unpaired) electrons. The largest absolute Gasteiger partial charge is 0.507 e. The first kappa shape index (κ1) is 32.3. The highest BCUT2D eigenvalue weighted by atomic mass is 16.5. The van der Waals surface area contributed by atoms with Crippen LogP contribution in [0, 0.1) is 0 Å². The van der Waals surface area contributed by atoms with E-state index in [1.165, 1.54) is 102 Å². The van der Waals surface area contributed by atoms with Gasteiger partial charge in [0.1, 0.15) is 24.6 Å². The summed E-state index contributed by atoms with van der Waals surface area (Å²) in [6.45, 7) is 1.15. The van der Waals surface area contributed by atoms with E-state index in [1.54, 1.807) is 0 Å². The van der Waals surface area contributed by atoms with Crippen molar-refractivity contribution in [1.29, 1.82) is 0 Å². The van der Waals surface area contributed by atoms with Gasteiger partial charge in [0.15, 0.2) is 0 Å². The standard InChI is InChI=1S/C29H47NO7/c1-2-3-4-5-6-7-8-9-10-11-12-13-14-15-16-17-20-37-24-18-19-26(31)25(21-24)29(36)30(22-27(32)33)23-28(34)35/h18-19,21,31H,2-17,20,22-23H2,1H3,(H,32,33)(H,34,35). The van der Waals surface area contributed by atoms with E-state index in [1.807, 2.05) is 0 Å². The highest BCUT2D eigenvalue weighted by Crippen LogP contribution is 2.25. The third kappa shape index (κ3) is 15.8. The van der Waals surface area contributed by atoms with Gasteiger partial charge in [-0.3, -0.25) is 14.4 Å². The van der Waals surface area contributed by atoms with E-state index in [0.29, 0.717) is 17.3 Å². The number of hydrogen-bond donors (Lipinski definition) is 3. The number of carbonyl (C=O) groups excluding carboxylic acids is 1. The number of aromatic hydroxyl groups is 1. The van der Waals surface area contributed by atoms with Crippen LogP contribution < -0.4 is 4.74 Å². The highest BCUT2D eigenvalue weighted by Gasteiger charge is 2.24. The number of carbonyl (C=O) groups is 3. The summed E-state index contributed by atoms with van der Waals surface area (Å²) in [6, 6.07) is 4.13. The van der Waals surface area contributed by atoms with Crippen molar-refractivity contribution in [3.63, 3.8) is 0 Å². The van der Waals surface area contributed by atoms with Crippen LogP contribution >= 0.6 is 0 Å². The van der Waals surface area contributed by atoms with Gasteiger partial charge < -0.3 is 25.0 Å². The van der Waals surface area contributed by atoms with Gasteiger partial charge in [-0.05, 0) is 24.6 Å². The maximum Gasteiger partial charge on any atom is 0.323 e. The molecule has 0 saturated heterocycles. The number of carboxylic acid groups (broad SMARTS) is 2. The molecule has 0 aliphatic rings. The van der Waals surface area contributed by atoms with E-state index in [4.69, 9.17) is 14.9 Å². The summed E-state index contributed by atoms with van der Waals surface area (Å²) in [5.41, 5.74) is -0.188. The Morgan fingerprint density at radius 2 is 1.14 bits per heavy atom. The zero-order valence-electron chi connectivity index (χ0n) is 22.6. The van der Waals surface area contributed by atoms with Crippen molar-refractivity contribution in [3.05, 3.63) is 23.8 Å². The Bertz CT molecular complexity index is 780. The average molecular weight is 522 g/mol. The van der Waals surface area contributed by atoms with Crippen molar-refractivity contribution in [3.8, 4) is 11.5 Å². The molecular formula is C29H47NO7. The molecule has 0 fully saturated rings. The Kier molecular flexibility index (Phi) is 17.7. The molecule has 0 aliphatic heterocycles. The van der Waals surface area contributed by atoms with E-state index in [9.17, 15) is 19.5 Å². The van der Waals surface area contributed by atoms with Crippen LogP contribution in [0.5, 0.6) is 11.5 Å². The second kappa shape index (κ2) is 20.3. The van der Waals surface area contributed by atoms with Gasteiger partial charge in [-0.25, -0.2) is 0 Å². The van der Waals surface area contributed by atoms with Gasteiger partial charge in [-0.1, -0.05) is 103 Å². The molecule has 1 aromatic rings. The Morgan fingerprint density at radius 1 is 0.703 bits per heavy atom. The molecular weight excluding hydrogens is 474 g/mol. The normalized spacial score (nSPS) is 10.8. The number of phenolic OH excluding ortho intramolecular Hbond substituents is 1. The fraction of sp³-hybridized carbons (Fsp3) is 0.690. The van der Waals surface area contributed by atoms with E-state index >= 15 is 0 Å². The second-order valence-electron chi connectivity index (χ2n) is 9.78. The lowest BCUT2D eigenvalue weighted by atomic mass is 10.0. The van der Waals surface area contributed by atoms with Gasteiger partial charge in [0.25, 0.3) is 5.91 Å². The molecule has 8 nitrogen and oxygen atoms in total. The smallest absolute Gasteiger partial charge is 0.323 e. The third-order valence-electron chi connectivity index (χ3n) is 6.40. The number of phenols is 1. The quantitative estimate of drug-likeness (QED) is 0.138. The summed E-state index contributed by atoms with van der Waals surface area (Å²) in [5.74, 6) is -3.56. The third-order valence-corrected chi connectivity index (χ3v) is 6.40. The SMILES string of the molecule is CCCCCCCCCCCCCCCCCCOc1ccc(O)c(C(=O)N(CC(=O)O)CC(=O)O)c1. The maximum absolute atomic E-state index is 12.6. The predicted molar refractivity (Wildman–Crippen MR) is 144 cm³/mol. The molecule has 37 heavy (non-hydrogen) atoms. The van der Waals surface area contributed by atoms with Crippen molar-refractivity contribution in [2.75, 3.05) is 19.7 Å². The number of carboxylic acids is 2. The van der Waals surface area contributed by atoms with E-state index < -0.39 is 30.9 Å². The van der Waals surface area contributed by atoms with Crippen LogP contribution in [-0.4, -0.2) is 57.8 Å². The van der Waals surface area contributed by atoms with Crippen molar-refractivity contribution in [2.45, 2.75) is 110 Å². The van der Waals surface area contributed by atoms with E-state index in [-0.39, 0.29) is 11.3 Å². The molecule has 0 bridgehead atoms. The average Bonchev–Trinajstić information content (AvgIpc) is 2.85. The highest BCUT2D eigenvalue weighted by molar-refractivity contribution is 5.99. The molecule has 0 spiro atoms. The van der Waals surface area contributed by atoms with Crippen molar-refractivity contribution < 1.29 is 34.4 Å². The fourth-order valence-electron chi connectivity index (χ4n) is 4.31. The summed E-state index contributed by atoms with van der Waals surface area (Å²) in [6.07, 6.45) is 20.6. The van der Waals surface area contributed by atoms with Crippen molar-refractivity contribution in [1.82, 2.24) is 4.90 Å². The first-order chi connectivity index (χ1) is 17.8. The molecule has 1 aromatic carbocycles. The van der Waals surface area contributed by atoms with Crippen LogP contribution in [-0.2, 0) is 9.59 Å². The monoisotopic (exact) mass is 521 g/mol. The van der Waals surface area contributed by atoms with Crippen molar-refractivity contribution >= 4 is 17.8 Å². The minimum Gasteiger partial charge on any atom is -0.507 e. The molecule has 1 amide bonds. The van der Waals surface area contributed by atoms with E-state index in [2.05, 4.69) is 6.92 Å². The lowest BCUT2D eigenvalue weighted by molar-refractivity contribution is -0.140. The van der Waals surface area contributed by atoms with Gasteiger partial charge in [-0.2, -0.15) is 0 Å². The number of nitrogens with zero attached hydrogens (tertiary/aromatic N) is 1. The lowest BCUT2D eigenvalue weighted by Crippen LogP contribution is -2.39. The van der Waals surface area contributed by atoms with Crippen LogP contribution in [0.3, 0.4) is 0 Å². The Balaban J connectivity index is 2.18. The number of ether oxygens (including phenoxy) is 1. The molecule has 8 heteroatoms. The van der Waals surface area contributed by atoms with Gasteiger partial charge in [0, 0.05) is 0 Å². The maximum atomic E-state index is 12.6. The molecule has 3 N–H and O–H groups in total. The number of rotatable bonds is 23. The number of hydrogen-bond acceptors (Lipinski definition) is 5. The lowest BCUT2D eigenvalue weighted by Gasteiger charge is -2.19. The zero-order valence-corrected chi connectivity index (χ0v) is 22.6. The summed E-state index contributed by atoms with van der Waals surface area (Å²) in [7, 11) is 0. The molecule has 0 unspecified atom stereocenters. The van der Waals surface area contributed by atoms with Gasteiger partial charge in [-0.15, -0.1) is 0 Å². The van der Waals surface area contributed by atoms with E-state index in [0.717, 1.165) is 19.3 Å². The Hall–Kier alpha value is -2.77. The molecule has 1 rings (SSSR count). The number of benzene rings is 1. The number of aliphatic carboxylic acids is 2. The Morgan fingerprint density at radius 3 is 1.57 bits per heavy atom. The van der Waals surface area contributed by atoms with Crippen LogP contribution in [0.4, 0.5) is 0 Å². The van der Waals surface area contributed by atoms with Crippen LogP contribution in [0.1, 0.15) is 120 Å². The predicted octanol–water partition coefficient (Wildman–Crippen LogP) is 6.64. The topological polar surface area (TPSA) is 124 Å².